The van der Waals surface area contributed by atoms with Crippen molar-refractivity contribution in [1.82, 2.24) is 25.2 Å². The van der Waals surface area contributed by atoms with Gasteiger partial charge in [-0.1, -0.05) is 18.2 Å². The van der Waals surface area contributed by atoms with E-state index < -0.39 is 35.4 Å². The molecule has 11 heteroatoms. The van der Waals surface area contributed by atoms with Crippen molar-refractivity contribution in [1.29, 1.82) is 0 Å². The van der Waals surface area contributed by atoms with Crippen LogP contribution in [0.3, 0.4) is 0 Å². The van der Waals surface area contributed by atoms with E-state index in [4.69, 9.17) is 4.74 Å². The number of aromatic nitrogens is 3. The maximum Gasteiger partial charge on any atom is 0.416 e. The van der Waals surface area contributed by atoms with E-state index in [1.165, 1.54) is 18.2 Å². The van der Waals surface area contributed by atoms with Crippen LogP contribution in [0, 0.1) is 0 Å². The van der Waals surface area contributed by atoms with Crippen molar-refractivity contribution in [3.8, 4) is 0 Å². The van der Waals surface area contributed by atoms with Crippen molar-refractivity contribution in [2.75, 3.05) is 0 Å². The zero-order chi connectivity index (χ0) is 26.7. The number of nitrogens with one attached hydrogen (secondary N) is 2. The van der Waals surface area contributed by atoms with E-state index in [-0.39, 0.29) is 24.6 Å². The van der Waals surface area contributed by atoms with Crippen LogP contribution in [0.2, 0.25) is 0 Å². The topological polar surface area (TPSA) is 98.1 Å². The molecule has 3 rings (SSSR count). The monoisotopic (exact) mass is 505 g/mol. The van der Waals surface area contributed by atoms with Gasteiger partial charge in [-0.05, 0) is 58.4 Å². The lowest BCUT2D eigenvalue weighted by Gasteiger charge is -2.24. The number of amides is 2. The lowest BCUT2D eigenvalue weighted by molar-refractivity contribution is -0.138. The van der Waals surface area contributed by atoms with Gasteiger partial charge in [-0.3, -0.25) is 4.79 Å². The molecule has 0 saturated heterocycles. The normalized spacial score (nSPS) is 13.0. The second kappa shape index (κ2) is 10.5. The fraction of sp³-hybridized carbons (Fsp3) is 0.440. The van der Waals surface area contributed by atoms with Crippen molar-refractivity contribution in [2.45, 2.75) is 71.4 Å². The SMILES string of the molecule is CC(C)n1c(CNC(=O)[C@@H](Cc2ccccc2C(F)(F)F)NC(=O)OC(C)(C)C)nc2cccnc21. The van der Waals surface area contributed by atoms with Gasteiger partial charge in [0.2, 0.25) is 5.91 Å². The van der Waals surface area contributed by atoms with E-state index in [2.05, 4.69) is 20.6 Å². The van der Waals surface area contributed by atoms with Crippen LogP contribution in [0.1, 0.15) is 57.6 Å². The van der Waals surface area contributed by atoms with Crippen LogP contribution in [-0.4, -0.2) is 38.2 Å². The van der Waals surface area contributed by atoms with Crippen molar-refractivity contribution in [2.24, 2.45) is 0 Å². The van der Waals surface area contributed by atoms with Gasteiger partial charge in [0.05, 0.1) is 12.1 Å². The van der Waals surface area contributed by atoms with E-state index in [0.29, 0.717) is 17.0 Å². The van der Waals surface area contributed by atoms with E-state index in [9.17, 15) is 22.8 Å². The van der Waals surface area contributed by atoms with Gasteiger partial charge in [0.25, 0.3) is 0 Å². The van der Waals surface area contributed by atoms with Crippen molar-refractivity contribution < 1.29 is 27.5 Å². The predicted octanol–water partition coefficient (Wildman–Crippen LogP) is 4.78. The highest BCUT2D eigenvalue weighted by molar-refractivity contribution is 5.86. The average Bonchev–Trinajstić information content (AvgIpc) is 3.14. The minimum atomic E-state index is -4.61. The number of imidazole rings is 1. The first kappa shape index (κ1) is 27.0. The molecule has 8 nitrogen and oxygen atoms in total. The third-order valence-electron chi connectivity index (χ3n) is 5.21. The summed E-state index contributed by atoms with van der Waals surface area (Å²) < 4.78 is 47.7. The number of halogens is 3. The number of pyridine rings is 1. The van der Waals surface area contributed by atoms with E-state index >= 15 is 0 Å². The number of nitrogens with zero attached hydrogens (tertiary/aromatic N) is 3. The molecule has 0 aliphatic carbocycles. The molecule has 2 N–H and O–H groups in total. The van der Waals surface area contributed by atoms with Crippen LogP contribution < -0.4 is 10.6 Å². The Hall–Kier alpha value is -3.63. The molecule has 0 spiro atoms. The maximum absolute atomic E-state index is 13.5. The van der Waals surface area contributed by atoms with Crippen LogP contribution in [0.5, 0.6) is 0 Å². The number of benzene rings is 1. The number of rotatable bonds is 7. The predicted molar refractivity (Wildman–Crippen MR) is 128 cm³/mol. The average molecular weight is 506 g/mol. The van der Waals surface area contributed by atoms with Gasteiger partial charge in [-0.15, -0.1) is 0 Å². The smallest absolute Gasteiger partial charge is 0.416 e. The molecule has 2 aromatic heterocycles. The molecule has 36 heavy (non-hydrogen) atoms. The Balaban J connectivity index is 1.86. The Labute approximate surface area is 207 Å². The number of alkyl carbamates (subject to hydrolysis) is 1. The number of ether oxygens (including phenoxy) is 1. The summed E-state index contributed by atoms with van der Waals surface area (Å²) >= 11 is 0. The van der Waals surface area contributed by atoms with Gasteiger partial charge in [-0.2, -0.15) is 13.2 Å². The molecule has 0 bridgehead atoms. The van der Waals surface area contributed by atoms with Gasteiger partial charge < -0.3 is 19.9 Å². The molecular formula is C25H30F3N5O3. The van der Waals surface area contributed by atoms with Crippen molar-refractivity contribution in [3.63, 3.8) is 0 Å². The quantitative estimate of drug-likeness (QED) is 0.482. The standard InChI is InChI=1S/C25H30F3N5O3/c1-15(2)33-20(31-18-11-8-12-29-21(18)33)14-30-22(34)19(32-23(35)36-24(3,4)5)13-16-9-6-7-10-17(16)25(26,27)28/h6-12,15,19H,13-14H2,1-5H3,(H,30,34)(H,32,35)/t19-/m1/s1. The van der Waals surface area contributed by atoms with E-state index in [1.54, 1.807) is 39.1 Å². The minimum Gasteiger partial charge on any atom is -0.444 e. The van der Waals surface area contributed by atoms with E-state index in [1.807, 2.05) is 18.4 Å². The minimum absolute atomic E-state index is 0.00819. The van der Waals surface area contributed by atoms with Crippen molar-refractivity contribution in [3.05, 3.63) is 59.5 Å². The Kier molecular flexibility index (Phi) is 7.90. The Morgan fingerprint density at radius 3 is 2.42 bits per heavy atom. The van der Waals surface area contributed by atoms with Gasteiger partial charge in [0.15, 0.2) is 5.65 Å². The third kappa shape index (κ3) is 6.73. The third-order valence-corrected chi connectivity index (χ3v) is 5.21. The molecule has 0 aliphatic rings. The molecule has 1 aromatic carbocycles. The fourth-order valence-electron chi connectivity index (χ4n) is 3.79. The molecular weight excluding hydrogens is 475 g/mol. The lowest BCUT2D eigenvalue weighted by atomic mass is 9.99. The van der Waals surface area contributed by atoms with Crippen LogP contribution in [-0.2, 0) is 28.7 Å². The van der Waals surface area contributed by atoms with Crippen LogP contribution in [0.25, 0.3) is 11.2 Å². The summed E-state index contributed by atoms with van der Waals surface area (Å²) in [7, 11) is 0. The van der Waals surface area contributed by atoms with Gasteiger partial charge in [-0.25, -0.2) is 14.8 Å². The number of carbonyl (C=O) groups excluding carboxylic acids is 2. The molecule has 3 aromatic rings. The van der Waals surface area contributed by atoms with Crippen LogP contribution >= 0.6 is 0 Å². The molecule has 0 aliphatic heterocycles. The Morgan fingerprint density at radius 1 is 1.08 bits per heavy atom. The number of carbonyl (C=O) groups is 2. The lowest BCUT2D eigenvalue weighted by Crippen LogP contribution is -2.49. The number of hydrogen-bond donors (Lipinski definition) is 2. The zero-order valence-corrected chi connectivity index (χ0v) is 20.8. The fourth-order valence-corrected chi connectivity index (χ4v) is 3.79. The molecule has 0 fully saturated rings. The summed E-state index contributed by atoms with van der Waals surface area (Å²) in [5.74, 6) is -0.146. The molecule has 0 saturated carbocycles. The Bertz CT molecular complexity index is 1230. The first-order valence-corrected chi connectivity index (χ1v) is 11.5. The molecule has 2 heterocycles. The highest BCUT2D eigenvalue weighted by Crippen LogP contribution is 2.32. The van der Waals surface area contributed by atoms with Gasteiger partial charge in [0, 0.05) is 18.7 Å². The first-order valence-electron chi connectivity index (χ1n) is 11.5. The Morgan fingerprint density at radius 2 is 1.78 bits per heavy atom. The van der Waals surface area contributed by atoms with Crippen molar-refractivity contribution >= 4 is 23.2 Å². The summed E-state index contributed by atoms with van der Waals surface area (Å²) in [4.78, 5) is 34.5. The molecule has 1 atom stereocenters. The van der Waals surface area contributed by atoms with Gasteiger partial charge >= 0.3 is 12.3 Å². The maximum atomic E-state index is 13.5. The van der Waals surface area contributed by atoms with Crippen LogP contribution in [0.4, 0.5) is 18.0 Å². The summed E-state index contributed by atoms with van der Waals surface area (Å²) in [5.41, 5.74) is -0.553. The van der Waals surface area contributed by atoms with Crippen LogP contribution in [0.15, 0.2) is 42.6 Å². The molecule has 0 unspecified atom stereocenters. The second-order valence-corrected chi connectivity index (χ2v) is 9.61. The second-order valence-electron chi connectivity index (χ2n) is 9.61. The highest BCUT2D eigenvalue weighted by Gasteiger charge is 2.35. The number of hydrogen-bond acceptors (Lipinski definition) is 5. The molecule has 2 amide bonds. The summed E-state index contributed by atoms with van der Waals surface area (Å²) in [6, 6.07) is 7.16. The summed E-state index contributed by atoms with van der Waals surface area (Å²) in [6.07, 6.45) is -4.27. The summed E-state index contributed by atoms with van der Waals surface area (Å²) in [6.45, 7) is 8.81. The zero-order valence-electron chi connectivity index (χ0n) is 20.8. The number of alkyl halides is 3. The largest absolute Gasteiger partial charge is 0.444 e. The molecule has 0 radical (unpaired) electrons. The highest BCUT2D eigenvalue weighted by atomic mass is 19.4. The van der Waals surface area contributed by atoms with Gasteiger partial charge in [0.1, 0.15) is 23.0 Å². The summed E-state index contributed by atoms with van der Waals surface area (Å²) in [5, 5.41) is 5.12. The van der Waals surface area contributed by atoms with E-state index in [0.717, 1.165) is 6.07 Å². The first-order chi connectivity index (χ1) is 16.8. The molecule has 194 valence electrons. The number of fused-ring (bicyclic) bond motifs is 1.